The molecule has 2 nitrogen and oxygen atoms in total. The summed E-state index contributed by atoms with van der Waals surface area (Å²) in [4.78, 5) is 4.31. The topological polar surface area (TPSA) is 38.9 Å². The van der Waals surface area contributed by atoms with E-state index >= 15 is 0 Å². The highest BCUT2D eigenvalue weighted by molar-refractivity contribution is 7.99. The molecule has 0 bridgehead atoms. The second-order valence-electron chi connectivity index (χ2n) is 3.31. The first-order valence-corrected chi connectivity index (χ1v) is 5.33. The quantitative estimate of drug-likeness (QED) is 0.753. The van der Waals surface area contributed by atoms with Gasteiger partial charge in [-0.25, -0.2) is 4.98 Å². The standard InChI is InChI=1S/C10H16N2S/c1-7-5-4-6-12-10(7)13-9(3)8(2)11/h4-6,8-9H,11H2,1-3H3. The van der Waals surface area contributed by atoms with Crippen molar-refractivity contribution in [2.75, 3.05) is 0 Å². The van der Waals surface area contributed by atoms with Crippen molar-refractivity contribution < 1.29 is 0 Å². The molecule has 0 aliphatic heterocycles. The van der Waals surface area contributed by atoms with Crippen molar-refractivity contribution in [3.8, 4) is 0 Å². The lowest BCUT2D eigenvalue weighted by Crippen LogP contribution is -2.26. The summed E-state index contributed by atoms with van der Waals surface area (Å²) in [5.74, 6) is 0. The molecule has 0 saturated heterocycles. The van der Waals surface area contributed by atoms with E-state index in [4.69, 9.17) is 5.73 Å². The van der Waals surface area contributed by atoms with E-state index in [9.17, 15) is 0 Å². The van der Waals surface area contributed by atoms with Gasteiger partial charge in [-0.1, -0.05) is 13.0 Å². The zero-order valence-electron chi connectivity index (χ0n) is 8.32. The summed E-state index contributed by atoms with van der Waals surface area (Å²) in [6, 6.07) is 4.23. The lowest BCUT2D eigenvalue weighted by atomic mass is 10.3. The number of thioether (sulfide) groups is 1. The third-order valence-electron chi connectivity index (χ3n) is 2.00. The molecule has 0 aromatic carbocycles. The second kappa shape index (κ2) is 4.63. The van der Waals surface area contributed by atoms with E-state index in [-0.39, 0.29) is 6.04 Å². The Bertz CT molecular complexity index is 273. The first kappa shape index (κ1) is 10.5. The predicted octanol–water partition coefficient (Wildman–Crippen LogP) is 2.22. The summed E-state index contributed by atoms with van der Waals surface area (Å²) in [5.41, 5.74) is 7.01. The summed E-state index contributed by atoms with van der Waals surface area (Å²) < 4.78 is 0. The van der Waals surface area contributed by atoms with E-state index in [1.165, 1.54) is 5.56 Å². The maximum absolute atomic E-state index is 5.79. The molecule has 1 rings (SSSR count). The van der Waals surface area contributed by atoms with E-state index in [2.05, 4.69) is 24.9 Å². The number of aryl methyl sites for hydroxylation is 1. The van der Waals surface area contributed by atoms with Crippen molar-refractivity contribution in [2.24, 2.45) is 5.73 Å². The van der Waals surface area contributed by atoms with Gasteiger partial charge < -0.3 is 5.73 Å². The van der Waals surface area contributed by atoms with Crippen molar-refractivity contribution in [3.05, 3.63) is 23.9 Å². The fourth-order valence-corrected chi connectivity index (χ4v) is 1.82. The number of pyridine rings is 1. The van der Waals surface area contributed by atoms with Crippen LogP contribution >= 0.6 is 11.8 Å². The molecule has 0 saturated carbocycles. The third kappa shape index (κ3) is 3.01. The van der Waals surface area contributed by atoms with Crippen molar-refractivity contribution in [3.63, 3.8) is 0 Å². The highest BCUT2D eigenvalue weighted by Crippen LogP contribution is 2.24. The Kier molecular flexibility index (Phi) is 3.75. The van der Waals surface area contributed by atoms with E-state index in [1.807, 2.05) is 19.2 Å². The molecule has 1 heterocycles. The van der Waals surface area contributed by atoms with Gasteiger partial charge in [0.2, 0.25) is 0 Å². The third-order valence-corrected chi connectivity index (χ3v) is 3.45. The van der Waals surface area contributed by atoms with Crippen LogP contribution in [0.25, 0.3) is 0 Å². The van der Waals surface area contributed by atoms with Gasteiger partial charge in [-0.3, -0.25) is 0 Å². The minimum atomic E-state index is 0.200. The molecule has 2 atom stereocenters. The number of aromatic nitrogens is 1. The largest absolute Gasteiger partial charge is 0.327 e. The van der Waals surface area contributed by atoms with Crippen LogP contribution in [-0.2, 0) is 0 Å². The van der Waals surface area contributed by atoms with Gasteiger partial charge in [-0.05, 0) is 25.5 Å². The van der Waals surface area contributed by atoms with Crippen LogP contribution < -0.4 is 5.73 Å². The molecule has 0 aliphatic carbocycles. The minimum absolute atomic E-state index is 0.200. The van der Waals surface area contributed by atoms with E-state index in [1.54, 1.807) is 11.8 Å². The zero-order valence-corrected chi connectivity index (χ0v) is 9.14. The van der Waals surface area contributed by atoms with E-state index in [0.29, 0.717) is 5.25 Å². The van der Waals surface area contributed by atoms with Gasteiger partial charge in [0, 0.05) is 17.5 Å². The SMILES string of the molecule is Cc1cccnc1SC(C)C(C)N. The maximum Gasteiger partial charge on any atom is 0.0992 e. The van der Waals surface area contributed by atoms with Crippen molar-refractivity contribution in [2.45, 2.75) is 37.1 Å². The number of hydrogen-bond acceptors (Lipinski definition) is 3. The minimum Gasteiger partial charge on any atom is -0.327 e. The lowest BCUT2D eigenvalue weighted by molar-refractivity contribution is 0.729. The summed E-state index contributed by atoms with van der Waals surface area (Å²) in [5, 5.41) is 1.50. The fourth-order valence-electron chi connectivity index (χ4n) is 0.878. The number of nitrogens with zero attached hydrogens (tertiary/aromatic N) is 1. The number of nitrogens with two attached hydrogens (primary N) is 1. The van der Waals surface area contributed by atoms with E-state index < -0.39 is 0 Å². The average Bonchev–Trinajstić information content (AvgIpc) is 2.08. The van der Waals surface area contributed by atoms with Crippen LogP contribution in [0.4, 0.5) is 0 Å². The molecule has 1 aromatic rings. The zero-order chi connectivity index (χ0) is 9.84. The Labute approximate surface area is 83.9 Å². The number of rotatable bonds is 3. The lowest BCUT2D eigenvalue weighted by Gasteiger charge is -2.15. The fraction of sp³-hybridized carbons (Fsp3) is 0.500. The van der Waals surface area contributed by atoms with Crippen LogP contribution in [0.5, 0.6) is 0 Å². The molecule has 2 N–H and O–H groups in total. The predicted molar refractivity (Wildman–Crippen MR) is 57.9 cm³/mol. The molecular weight excluding hydrogens is 180 g/mol. The van der Waals surface area contributed by atoms with Gasteiger partial charge >= 0.3 is 0 Å². The molecule has 0 fully saturated rings. The van der Waals surface area contributed by atoms with Gasteiger partial charge in [-0.15, -0.1) is 11.8 Å². The Morgan fingerprint density at radius 2 is 2.15 bits per heavy atom. The van der Waals surface area contributed by atoms with Gasteiger partial charge in [-0.2, -0.15) is 0 Å². The molecule has 72 valence electrons. The Morgan fingerprint density at radius 3 is 2.69 bits per heavy atom. The number of hydrogen-bond donors (Lipinski definition) is 1. The highest BCUT2D eigenvalue weighted by Gasteiger charge is 2.10. The summed E-state index contributed by atoms with van der Waals surface area (Å²) in [6.45, 7) is 6.22. The van der Waals surface area contributed by atoms with Crippen LogP contribution in [0, 0.1) is 6.92 Å². The van der Waals surface area contributed by atoms with Crippen LogP contribution in [0.3, 0.4) is 0 Å². The van der Waals surface area contributed by atoms with Crippen molar-refractivity contribution in [1.82, 2.24) is 4.98 Å². The van der Waals surface area contributed by atoms with Crippen molar-refractivity contribution >= 4 is 11.8 Å². The summed E-state index contributed by atoms with van der Waals surface area (Å²) in [7, 11) is 0. The van der Waals surface area contributed by atoms with Gasteiger partial charge in [0.05, 0.1) is 5.03 Å². The van der Waals surface area contributed by atoms with Crippen LogP contribution in [-0.4, -0.2) is 16.3 Å². The molecule has 3 heteroatoms. The van der Waals surface area contributed by atoms with Crippen LogP contribution in [0.15, 0.2) is 23.4 Å². The van der Waals surface area contributed by atoms with Gasteiger partial charge in [0.15, 0.2) is 0 Å². The molecule has 0 aliphatic rings. The monoisotopic (exact) mass is 196 g/mol. The molecule has 1 aromatic heterocycles. The first-order valence-electron chi connectivity index (χ1n) is 4.45. The Balaban J connectivity index is 2.69. The normalized spacial score (nSPS) is 15.4. The summed E-state index contributed by atoms with van der Waals surface area (Å²) in [6.07, 6.45) is 1.82. The van der Waals surface area contributed by atoms with Gasteiger partial charge in [0.1, 0.15) is 0 Å². The van der Waals surface area contributed by atoms with E-state index in [0.717, 1.165) is 5.03 Å². The molecular formula is C10H16N2S. The first-order chi connectivity index (χ1) is 6.11. The van der Waals surface area contributed by atoms with Gasteiger partial charge in [0.25, 0.3) is 0 Å². The smallest absolute Gasteiger partial charge is 0.0992 e. The Morgan fingerprint density at radius 1 is 1.46 bits per heavy atom. The molecule has 0 radical (unpaired) electrons. The Hall–Kier alpha value is -0.540. The molecule has 13 heavy (non-hydrogen) atoms. The average molecular weight is 196 g/mol. The van der Waals surface area contributed by atoms with Crippen LogP contribution in [0.1, 0.15) is 19.4 Å². The molecule has 2 unspecified atom stereocenters. The van der Waals surface area contributed by atoms with Crippen molar-refractivity contribution in [1.29, 1.82) is 0 Å². The molecule has 0 amide bonds. The second-order valence-corrected chi connectivity index (χ2v) is 4.67. The summed E-state index contributed by atoms with van der Waals surface area (Å²) >= 11 is 1.74. The highest BCUT2D eigenvalue weighted by atomic mass is 32.2. The van der Waals surface area contributed by atoms with Crippen LogP contribution in [0.2, 0.25) is 0 Å². The molecule has 0 spiro atoms. The maximum atomic E-state index is 5.79.